The van der Waals surface area contributed by atoms with Crippen molar-refractivity contribution in [2.24, 2.45) is 7.05 Å². The van der Waals surface area contributed by atoms with Gasteiger partial charge in [0.2, 0.25) is 0 Å². The van der Waals surface area contributed by atoms with E-state index in [4.69, 9.17) is 0 Å². The third-order valence-corrected chi connectivity index (χ3v) is 3.55. The number of Topliss-reactive ketones (excluding diaryl/α,β-unsaturated/α-hetero) is 1. The van der Waals surface area contributed by atoms with E-state index in [0.29, 0.717) is 12.3 Å². The van der Waals surface area contributed by atoms with Crippen LogP contribution in [0.4, 0.5) is 0 Å². The smallest absolute Gasteiger partial charge is 0.170 e. The van der Waals surface area contributed by atoms with Gasteiger partial charge in [0.15, 0.2) is 5.78 Å². The molecule has 0 aliphatic rings. The van der Waals surface area contributed by atoms with Crippen LogP contribution in [0.2, 0.25) is 0 Å². The molecule has 1 heterocycles. The average Bonchev–Trinajstić information content (AvgIpc) is 2.70. The van der Waals surface area contributed by atoms with Crippen molar-refractivity contribution in [3.63, 3.8) is 0 Å². The van der Waals surface area contributed by atoms with E-state index < -0.39 is 0 Å². The molecule has 0 atom stereocenters. The molecule has 3 nitrogen and oxygen atoms in total. The molecule has 1 aromatic heterocycles. The highest BCUT2D eigenvalue weighted by Gasteiger charge is 2.13. The summed E-state index contributed by atoms with van der Waals surface area (Å²) in [4.78, 5) is 12.2. The van der Waals surface area contributed by atoms with E-state index in [-0.39, 0.29) is 5.78 Å². The van der Waals surface area contributed by atoms with Crippen molar-refractivity contribution in [1.82, 2.24) is 9.78 Å². The van der Waals surface area contributed by atoms with Gasteiger partial charge in [-0.25, -0.2) is 0 Å². The molecule has 0 aliphatic carbocycles. The number of carbonyl (C=O) groups is 1. The number of aromatic nitrogens is 2. The van der Waals surface area contributed by atoms with Crippen molar-refractivity contribution in [3.8, 4) is 0 Å². The van der Waals surface area contributed by atoms with Crippen LogP contribution in [-0.4, -0.2) is 15.6 Å². The first kappa shape index (κ1) is 13.5. The molecule has 2 aromatic rings. The molecule has 0 N–H and O–H groups in total. The van der Waals surface area contributed by atoms with Crippen LogP contribution in [0.25, 0.3) is 0 Å². The van der Waals surface area contributed by atoms with Gasteiger partial charge in [-0.1, -0.05) is 38.1 Å². The summed E-state index contributed by atoms with van der Waals surface area (Å²) in [5.74, 6) is 0.646. The van der Waals surface area contributed by atoms with Crippen LogP contribution in [0.15, 0.2) is 30.5 Å². The molecular weight excluding hydrogens is 236 g/mol. The van der Waals surface area contributed by atoms with Gasteiger partial charge in [-0.2, -0.15) is 5.10 Å². The third kappa shape index (κ3) is 2.92. The number of hydrogen-bond acceptors (Lipinski definition) is 2. The summed E-state index contributed by atoms with van der Waals surface area (Å²) >= 11 is 0. The Labute approximate surface area is 114 Å². The second-order valence-electron chi connectivity index (χ2n) is 5.26. The van der Waals surface area contributed by atoms with Crippen molar-refractivity contribution in [3.05, 3.63) is 52.8 Å². The molecule has 1 aromatic carbocycles. The Kier molecular flexibility index (Phi) is 3.84. The Morgan fingerprint density at radius 3 is 2.37 bits per heavy atom. The van der Waals surface area contributed by atoms with E-state index in [1.807, 2.05) is 26.1 Å². The van der Waals surface area contributed by atoms with Gasteiger partial charge < -0.3 is 0 Å². The highest BCUT2D eigenvalue weighted by molar-refractivity contribution is 5.98. The summed E-state index contributed by atoms with van der Waals surface area (Å²) in [5.41, 5.74) is 3.99. The quantitative estimate of drug-likeness (QED) is 0.787. The molecule has 0 aliphatic heterocycles. The largest absolute Gasteiger partial charge is 0.294 e. The molecule has 0 spiro atoms. The normalized spacial score (nSPS) is 11.0. The van der Waals surface area contributed by atoms with Crippen molar-refractivity contribution < 1.29 is 4.79 Å². The molecule has 0 unspecified atom stereocenters. The molecule has 3 heteroatoms. The van der Waals surface area contributed by atoms with Gasteiger partial charge in [0.05, 0.1) is 11.8 Å². The summed E-state index contributed by atoms with van der Waals surface area (Å²) in [6, 6.07) is 8.28. The Morgan fingerprint density at radius 2 is 1.89 bits per heavy atom. The lowest BCUT2D eigenvalue weighted by atomic mass is 9.98. The van der Waals surface area contributed by atoms with Crippen molar-refractivity contribution in [2.45, 2.75) is 33.1 Å². The maximum Gasteiger partial charge on any atom is 0.170 e. The zero-order valence-electron chi connectivity index (χ0n) is 12.0. The lowest BCUT2D eigenvalue weighted by Gasteiger charge is -2.06. The van der Waals surface area contributed by atoms with Crippen LogP contribution in [0.3, 0.4) is 0 Å². The van der Waals surface area contributed by atoms with E-state index >= 15 is 0 Å². The van der Waals surface area contributed by atoms with Gasteiger partial charge in [0, 0.05) is 19.2 Å². The fourth-order valence-corrected chi connectivity index (χ4v) is 2.07. The van der Waals surface area contributed by atoms with Crippen molar-refractivity contribution in [1.29, 1.82) is 0 Å². The summed E-state index contributed by atoms with van der Waals surface area (Å²) < 4.78 is 1.73. The maximum atomic E-state index is 12.2. The standard InChI is InChI=1S/C16H20N2O/c1-11(2)14-7-5-13(6-8-14)9-16(19)15-10-17-18(4)12(15)3/h5-8,10-11H,9H2,1-4H3. The Balaban J connectivity index is 2.13. The van der Waals surface area contributed by atoms with Crippen LogP contribution >= 0.6 is 0 Å². The minimum absolute atomic E-state index is 0.128. The van der Waals surface area contributed by atoms with Gasteiger partial charge >= 0.3 is 0 Å². The van der Waals surface area contributed by atoms with E-state index in [0.717, 1.165) is 16.8 Å². The highest BCUT2D eigenvalue weighted by atomic mass is 16.1. The van der Waals surface area contributed by atoms with Gasteiger partial charge in [0.25, 0.3) is 0 Å². The summed E-state index contributed by atoms with van der Waals surface area (Å²) in [5, 5.41) is 4.11. The number of hydrogen-bond donors (Lipinski definition) is 0. The molecular formula is C16H20N2O. The topological polar surface area (TPSA) is 34.9 Å². The fraction of sp³-hybridized carbons (Fsp3) is 0.375. The Hall–Kier alpha value is -1.90. The second kappa shape index (κ2) is 5.39. The summed E-state index contributed by atoms with van der Waals surface area (Å²) in [6.45, 7) is 6.25. The first-order chi connectivity index (χ1) is 8.99. The first-order valence-corrected chi connectivity index (χ1v) is 6.59. The average molecular weight is 256 g/mol. The number of rotatable bonds is 4. The minimum Gasteiger partial charge on any atom is -0.294 e. The summed E-state index contributed by atoms with van der Waals surface area (Å²) in [6.07, 6.45) is 2.09. The van der Waals surface area contributed by atoms with Crippen molar-refractivity contribution in [2.75, 3.05) is 0 Å². The van der Waals surface area contributed by atoms with Crippen LogP contribution in [0.1, 0.15) is 46.9 Å². The van der Waals surface area contributed by atoms with E-state index in [1.54, 1.807) is 10.9 Å². The number of benzene rings is 1. The van der Waals surface area contributed by atoms with Gasteiger partial charge in [0.1, 0.15) is 0 Å². The SMILES string of the molecule is Cc1c(C(=O)Cc2ccc(C(C)C)cc2)cnn1C. The highest BCUT2D eigenvalue weighted by Crippen LogP contribution is 2.16. The van der Waals surface area contributed by atoms with E-state index in [9.17, 15) is 4.79 Å². The van der Waals surface area contributed by atoms with Gasteiger partial charge in [-0.15, -0.1) is 0 Å². The zero-order valence-corrected chi connectivity index (χ0v) is 12.0. The fourth-order valence-electron chi connectivity index (χ4n) is 2.07. The molecule has 19 heavy (non-hydrogen) atoms. The Bertz CT molecular complexity index is 579. The van der Waals surface area contributed by atoms with Crippen LogP contribution in [-0.2, 0) is 13.5 Å². The predicted molar refractivity (Wildman–Crippen MR) is 76.5 cm³/mol. The first-order valence-electron chi connectivity index (χ1n) is 6.59. The van der Waals surface area contributed by atoms with E-state index in [1.165, 1.54) is 5.56 Å². The number of aryl methyl sites for hydroxylation is 1. The minimum atomic E-state index is 0.128. The van der Waals surface area contributed by atoms with Gasteiger partial charge in [-0.3, -0.25) is 9.48 Å². The lowest BCUT2D eigenvalue weighted by molar-refractivity contribution is 0.0992. The van der Waals surface area contributed by atoms with Gasteiger partial charge in [-0.05, 0) is 24.0 Å². The molecule has 2 rings (SSSR count). The van der Waals surface area contributed by atoms with Crippen LogP contribution in [0, 0.1) is 6.92 Å². The second-order valence-corrected chi connectivity index (χ2v) is 5.26. The Morgan fingerprint density at radius 1 is 1.26 bits per heavy atom. The summed E-state index contributed by atoms with van der Waals surface area (Å²) in [7, 11) is 1.85. The van der Waals surface area contributed by atoms with Crippen LogP contribution < -0.4 is 0 Å². The molecule has 0 amide bonds. The number of nitrogens with zero attached hydrogens (tertiary/aromatic N) is 2. The number of carbonyl (C=O) groups excluding carboxylic acids is 1. The van der Waals surface area contributed by atoms with E-state index in [2.05, 4.69) is 31.1 Å². The molecule has 0 fully saturated rings. The molecule has 0 saturated carbocycles. The predicted octanol–water partition coefficient (Wildman–Crippen LogP) is 3.28. The zero-order chi connectivity index (χ0) is 14.0. The maximum absolute atomic E-state index is 12.2. The molecule has 100 valence electrons. The van der Waals surface area contributed by atoms with Crippen molar-refractivity contribution >= 4 is 5.78 Å². The molecule has 0 radical (unpaired) electrons. The lowest BCUT2D eigenvalue weighted by Crippen LogP contribution is -2.05. The monoisotopic (exact) mass is 256 g/mol. The van der Waals surface area contributed by atoms with Crippen LogP contribution in [0.5, 0.6) is 0 Å². The number of ketones is 1. The third-order valence-electron chi connectivity index (χ3n) is 3.55. The molecule has 0 saturated heterocycles. The molecule has 0 bridgehead atoms.